The molecule has 2 aliphatic rings. The molecule has 3 unspecified atom stereocenters. The van der Waals surface area contributed by atoms with Crippen LogP contribution in [-0.2, 0) is 17.8 Å². The topological polar surface area (TPSA) is 51.1 Å². The molecule has 0 radical (unpaired) electrons. The van der Waals surface area contributed by atoms with Gasteiger partial charge in [-0.05, 0) is 42.0 Å². The predicted molar refractivity (Wildman–Crippen MR) is 123 cm³/mol. The number of hydrogen-bond donors (Lipinski definition) is 2. The summed E-state index contributed by atoms with van der Waals surface area (Å²) in [6, 6.07) is 18.3. The SMILES string of the molecule is Cl.c1cc(CNC2CCCC2C2COCCN2)cc(Cn2cnc3ccccc32)c1. The summed E-state index contributed by atoms with van der Waals surface area (Å²) in [7, 11) is 0. The Kier molecular flexibility index (Phi) is 7.05. The van der Waals surface area contributed by atoms with E-state index in [0.717, 1.165) is 38.4 Å². The maximum Gasteiger partial charge on any atom is 0.0961 e. The van der Waals surface area contributed by atoms with Gasteiger partial charge in [0.15, 0.2) is 0 Å². The van der Waals surface area contributed by atoms with E-state index in [1.165, 1.54) is 35.9 Å². The molecule has 5 nitrogen and oxygen atoms in total. The van der Waals surface area contributed by atoms with E-state index in [4.69, 9.17) is 4.74 Å². The Morgan fingerprint density at radius 3 is 2.90 bits per heavy atom. The fraction of sp³-hybridized carbons (Fsp3) is 0.458. The average Bonchev–Trinajstić information content (AvgIpc) is 3.41. The summed E-state index contributed by atoms with van der Waals surface area (Å²) in [4.78, 5) is 4.51. The first-order valence-electron chi connectivity index (χ1n) is 10.9. The first-order chi connectivity index (χ1) is 14.4. The van der Waals surface area contributed by atoms with Crippen molar-refractivity contribution in [2.24, 2.45) is 5.92 Å². The maximum atomic E-state index is 5.70. The van der Waals surface area contributed by atoms with Crippen molar-refractivity contribution in [3.63, 3.8) is 0 Å². The molecule has 1 aliphatic carbocycles. The van der Waals surface area contributed by atoms with Gasteiger partial charge in [0, 0.05) is 31.7 Å². The highest BCUT2D eigenvalue weighted by molar-refractivity contribution is 5.85. The van der Waals surface area contributed by atoms with Crippen LogP contribution in [0.1, 0.15) is 30.4 Å². The Balaban J connectivity index is 0.00000218. The van der Waals surface area contributed by atoms with Crippen LogP contribution in [0.2, 0.25) is 0 Å². The fourth-order valence-corrected chi connectivity index (χ4v) is 5.00. The first kappa shape index (κ1) is 21.3. The lowest BCUT2D eigenvalue weighted by Crippen LogP contribution is -2.50. The van der Waals surface area contributed by atoms with Crippen molar-refractivity contribution in [1.29, 1.82) is 0 Å². The molecule has 2 aromatic carbocycles. The predicted octanol–water partition coefficient (Wildman–Crippen LogP) is 3.75. The van der Waals surface area contributed by atoms with E-state index in [2.05, 4.69) is 62.6 Å². The van der Waals surface area contributed by atoms with Crippen LogP contribution in [0.3, 0.4) is 0 Å². The molecule has 3 atom stereocenters. The third-order valence-electron chi connectivity index (χ3n) is 6.48. The molecule has 1 aromatic heterocycles. The molecule has 2 heterocycles. The van der Waals surface area contributed by atoms with E-state index in [1.54, 1.807) is 0 Å². The Bertz CT molecular complexity index is 953. The van der Waals surface area contributed by atoms with Gasteiger partial charge in [-0.25, -0.2) is 4.98 Å². The second-order valence-electron chi connectivity index (χ2n) is 8.40. The van der Waals surface area contributed by atoms with Crippen LogP contribution in [0.5, 0.6) is 0 Å². The Labute approximate surface area is 184 Å². The van der Waals surface area contributed by atoms with E-state index in [0.29, 0.717) is 18.0 Å². The molecule has 0 amide bonds. The molecule has 160 valence electrons. The zero-order valence-corrected chi connectivity index (χ0v) is 18.1. The number of para-hydroxylation sites is 2. The van der Waals surface area contributed by atoms with E-state index >= 15 is 0 Å². The molecule has 1 aliphatic heterocycles. The lowest BCUT2D eigenvalue weighted by Gasteiger charge is -2.33. The molecule has 0 spiro atoms. The summed E-state index contributed by atoms with van der Waals surface area (Å²) in [6.07, 6.45) is 5.82. The molecular formula is C24H31ClN4O. The maximum absolute atomic E-state index is 5.70. The molecule has 3 aromatic rings. The van der Waals surface area contributed by atoms with Crippen molar-refractivity contribution >= 4 is 23.4 Å². The van der Waals surface area contributed by atoms with E-state index in [9.17, 15) is 0 Å². The number of rotatable bonds is 6. The number of nitrogens with zero attached hydrogens (tertiary/aromatic N) is 2. The van der Waals surface area contributed by atoms with Crippen molar-refractivity contribution in [2.75, 3.05) is 19.8 Å². The van der Waals surface area contributed by atoms with Crippen molar-refractivity contribution < 1.29 is 4.74 Å². The number of imidazole rings is 1. The molecule has 0 bridgehead atoms. The summed E-state index contributed by atoms with van der Waals surface area (Å²) < 4.78 is 7.93. The van der Waals surface area contributed by atoms with Crippen molar-refractivity contribution in [2.45, 2.75) is 44.4 Å². The van der Waals surface area contributed by atoms with E-state index in [-0.39, 0.29) is 12.4 Å². The Morgan fingerprint density at radius 1 is 1.10 bits per heavy atom. The molecule has 2 N–H and O–H groups in total. The normalized spacial score (nSPS) is 24.1. The Hall–Kier alpha value is -1.92. The van der Waals surface area contributed by atoms with Crippen LogP contribution >= 0.6 is 12.4 Å². The van der Waals surface area contributed by atoms with Gasteiger partial charge in [-0.1, -0.05) is 42.8 Å². The van der Waals surface area contributed by atoms with Gasteiger partial charge >= 0.3 is 0 Å². The lowest BCUT2D eigenvalue weighted by molar-refractivity contribution is 0.0524. The van der Waals surface area contributed by atoms with Gasteiger partial charge in [0.25, 0.3) is 0 Å². The third kappa shape index (κ3) is 4.70. The van der Waals surface area contributed by atoms with Crippen molar-refractivity contribution in [1.82, 2.24) is 20.2 Å². The fourth-order valence-electron chi connectivity index (χ4n) is 5.00. The second kappa shape index (κ2) is 9.92. The van der Waals surface area contributed by atoms with E-state index < -0.39 is 0 Å². The van der Waals surface area contributed by atoms with Crippen LogP contribution in [0, 0.1) is 5.92 Å². The minimum absolute atomic E-state index is 0. The first-order valence-corrected chi connectivity index (χ1v) is 10.9. The number of fused-ring (bicyclic) bond motifs is 1. The van der Waals surface area contributed by atoms with Gasteiger partial charge in [0.2, 0.25) is 0 Å². The minimum atomic E-state index is 0. The van der Waals surface area contributed by atoms with Gasteiger partial charge in [-0.2, -0.15) is 0 Å². The summed E-state index contributed by atoms with van der Waals surface area (Å²) in [5.74, 6) is 0.677. The van der Waals surface area contributed by atoms with Crippen LogP contribution < -0.4 is 10.6 Å². The molecular weight excluding hydrogens is 396 g/mol. The van der Waals surface area contributed by atoms with Crippen molar-refractivity contribution in [3.05, 3.63) is 66.0 Å². The number of nitrogens with one attached hydrogen (secondary N) is 2. The summed E-state index contributed by atoms with van der Waals surface area (Å²) in [5, 5.41) is 7.51. The van der Waals surface area contributed by atoms with Crippen molar-refractivity contribution in [3.8, 4) is 0 Å². The quantitative estimate of drug-likeness (QED) is 0.630. The van der Waals surface area contributed by atoms with Gasteiger partial charge in [0.1, 0.15) is 0 Å². The highest BCUT2D eigenvalue weighted by Crippen LogP contribution is 2.29. The van der Waals surface area contributed by atoms with Gasteiger partial charge in [-0.3, -0.25) is 0 Å². The lowest BCUT2D eigenvalue weighted by atomic mass is 9.94. The highest BCUT2D eigenvalue weighted by Gasteiger charge is 2.34. The standard InChI is InChI=1S/C24H30N4O.ClH/c1-2-10-24-22(8-1)27-17-28(24)15-19-6-3-5-18(13-19)14-26-21-9-4-7-20(21)23-16-29-12-11-25-23;/h1-3,5-6,8,10,13,17,20-21,23,25-26H,4,7,9,11-12,14-16H2;1H. The number of benzene rings is 2. The van der Waals surface area contributed by atoms with E-state index in [1.807, 2.05) is 12.4 Å². The molecule has 5 rings (SSSR count). The number of morpholine rings is 1. The number of aromatic nitrogens is 2. The van der Waals surface area contributed by atoms with Crippen LogP contribution in [0.4, 0.5) is 0 Å². The molecule has 6 heteroatoms. The molecule has 1 saturated heterocycles. The summed E-state index contributed by atoms with van der Waals surface area (Å²) >= 11 is 0. The Morgan fingerprint density at radius 2 is 2.00 bits per heavy atom. The second-order valence-corrected chi connectivity index (χ2v) is 8.40. The highest BCUT2D eigenvalue weighted by atomic mass is 35.5. The number of halogens is 1. The smallest absolute Gasteiger partial charge is 0.0961 e. The molecule has 1 saturated carbocycles. The zero-order valence-electron chi connectivity index (χ0n) is 17.3. The van der Waals surface area contributed by atoms with Crippen LogP contribution in [0.15, 0.2) is 54.9 Å². The minimum Gasteiger partial charge on any atom is -0.379 e. The number of hydrogen-bond acceptors (Lipinski definition) is 4. The van der Waals surface area contributed by atoms with Gasteiger partial charge in [0.05, 0.1) is 30.6 Å². The van der Waals surface area contributed by atoms with Gasteiger partial charge in [-0.15, -0.1) is 12.4 Å². The number of ether oxygens (including phenoxy) is 1. The van der Waals surface area contributed by atoms with Crippen LogP contribution in [0.25, 0.3) is 11.0 Å². The molecule has 2 fully saturated rings. The van der Waals surface area contributed by atoms with Gasteiger partial charge < -0.3 is 19.9 Å². The monoisotopic (exact) mass is 426 g/mol. The summed E-state index contributed by atoms with van der Waals surface area (Å²) in [6.45, 7) is 4.47. The largest absolute Gasteiger partial charge is 0.379 e. The average molecular weight is 427 g/mol. The zero-order chi connectivity index (χ0) is 19.5. The van der Waals surface area contributed by atoms with Crippen LogP contribution in [-0.4, -0.2) is 41.4 Å². The third-order valence-corrected chi connectivity index (χ3v) is 6.48. The summed E-state index contributed by atoms with van der Waals surface area (Å²) in [5.41, 5.74) is 4.91. The molecule has 30 heavy (non-hydrogen) atoms.